The second-order valence-corrected chi connectivity index (χ2v) is 5.89. The van der Waals surface area contributed by atoms with Crippen molar-refractivity contribution in [2.24, 2.45) is 7.05 Å². The Bertz CT molecular complexity index is 665. The molecule has 1 unspecified atom stereocenters. The number of nitrogens with zero attached hydrogens (tertiary/aromatic N) is 3. The molecule has 2 rings (SSSR count). The minimum Gasteiger partial charge on any atom is -0.387 e. The van der Waals surface area contributed by atoms with Crippen LogP contribution in [0.3, 0.4) is 0 Å². The zero-order valence-electron chi connectivity index (χ0n) is 14.0. The number of likely N-dealkylation sites (N-methyl/N-ethyl adjacent to an activating group) is 1. The molecule has 1 atom stereocenters. The first kappa shape index (κ1) is 18.5. The van der Waals surface area contributed by atoms with Crippen molar-refractivity contribution in [1.29, 1.82) is 0 Å². The number of alkyl halides is 3. The Hall–Kier alpha value is -1.86. The summed E-state index contributed by atoms with van der Waals surface area (Å²) >= 11 is 0. The predicted octanol–water partition coefficient (Wildman–Crippen LogP) is 3.30. The number of rotatable bonds is 6. The third-order valence-corrected chi connectivity index (χ3v) is 4.02. The quantitative estimate of drug-likeness (QED) is 0.876. The number of halogens is 3. The van der Waals surface area contributed by atoms with Crippen molar-refractivity contribution in [3.05, 3.63) is 52.8 Å². The summed E-state index contributed by atoms with van der Waals surface area (Å²) < 4.78 is 40.2. The lowest BCUT2D eigenvalue weighted by molar-refractivity contribution is -0.144. The summed E-state index contributed by atoms with van der Waals surface area (Å²) in [5.74, 6) is 0. The molecule has 0 aliphatic heterocycles. The molecule has 1 aromatic carbocycles. The van der Waals surface area contributed by atoms with Crippen LogP contribution >= 0.6 is 0 Å². The molecule has 24 heavy (non-hydrogen) atoms. The Morgan fingerprint density at radius 3 is 2.42 bits per heavy atom. The first-order valence-corrected chi connectivity index (χ1v) is 7.77. The molecule has 0 bridgehead atoms. The normalized spacial score (nSPS) is 13.5. The summed E-state index contributed by atoms with van der Waals surface area (Å²) in [5, 5.41) is 14.1. The Balaban J connectivity index is 2.11. The first-order valence-electron chi connectivity index (χ1n) is 7.77. The van der Waals surface area contributed by atoms with Crippen LogP contribution in [-0.2, 0) is 19.8 Å². The molecule has 1 heterocycles. The van der Waals surface area contributed by atoms with Crippen LogP contribution in [0.5, 0.6) is 0 Å². The number of benzene rings is 1. The maximum Gasteiger partial charge on any atom is 0.433 e. The van der Waals surface area contributed by atoms with Gasteiger partial charge in [0.2, 0.25) is 0 Å². The van der Waals surface area contributed by atoms with Crippen LogP contribution in [0, 0.1) is 6.92 Å². The Labute approximate surface area is 139 Å². The van der Waals surface area contributed by atoms with Gasteiger partial charge in [-0.15, -0.1) is 0 Å². The van der Waals surface area contributed by atoms with Gasteiger partial charge in [-0.25, -0.2) is 0 Å². The van der Waals surface area contributed by atoms with Crippen molar-refractivity contribution in [1.82, 2.24) is 14.7 Å². The van der Waals surface area contributed by atoms with Gasteiger partial charge in [-0.3, -0.25) is 9.58 Å². The van der Waals surface area contributed by atoms with E-state index in [9.17, 15) is 18.3 Å². The number of aryl methyl sites for hydroxylation is 2. The number of aliphatic hydroxyl groups excluding tert-OH is 1. The molecule has 0 amide bonds. The summed E-state index contributed by atoms with van der Waals surface area (Å²) in [6, 6.07) is 7.47. The van der Waals surface area contributed by atoms with Crippen molar-refractivity contribution in [3.8, 4) is 0 Å². The zero-order valence-corrected chi connectivity index (χ0v) is 14.0. The van der Waals surface area contributed by atoms with E-state index < -0.39 is 18.0 Å². The van der Waals surface area contributed by atoms with Gasteiger partial charge in [-0.1, -0.05) is 36.8 Å². The number of hydrogen-bond donors (Lipinski definition) is 1. The van der Waals surface area contributed by atoms with E-state index in [1.54, 1.807) is 4.90 Å². The van der Waals surface area contributed by atoms with E-state index >= 15 is 0 Å². The van der Waals surface area contributed by atoms with Crippen molar-refractivity contribution >= 4 is 0 Å². The fourth-order valence-corrected chi connectivity index (χ4v) is 2.65. The highest BCUT2D eigenvalue weighted by atomic mass is 19.4. The van der Waals surface area contributed by atoms with Crippen LogP contribution in [-0.4, -0.2) is 32.9 Å². The molecule has 1 aromatic heterocycles. The highest BCUT2D eigenvalue weighted by Gasteiger charge is 2.37. The maximum absolute atomic E-state index is 13.1. The van der Waals surface area contributed by atoms with Gasteiger partial charge in [0.25, 0.3) is 0 Å². The SMILES string of the molecule is CCN(Cc1cnn(C)c1C(F)(F)F)CC(O)c1ccc(C)cc1. The minimum absolute atomic E-state index is 0.0854. The predicted molar refractivity (Wildman–Crippen MR) is 85.3 cm³/mol. The summed E-state index contributed by atoms with van der Waals surface area (Å²) in [7, 11) is 1.28. The molecule has 1 N–H and O–H groups in total. The van der Waals surface area contributed by atoms with Crippen LogP contribution in [0.4, 0.5) is 13.2 Å². The number of aromatic nitrogens is 2. The third-order valence-electron chi connectivity index (χ3n) is 4.02. The number of aliphatic hydroxyl groups is 1. The van der Waals surface area contributed by atoms with Gasteiger partial charge in [0.15, 0.2) is 0 Å². The van der Waals surface area contributed by atoms with E-state index in [0.29, 0.717) is 6.54 Å². The summed E-state index contributed by atoms with van der Waals surface area (Å²) in [4.78, 5) is 1.77. The summed E-state index contributed by atoms with van der Waals surface area (Å²) in [6.45, 7) is 4.67. The van der Waals surface area contributed by atoms with E-state index in [-0.39, 0.29) is 18.7 Å². The van der Waals surface area contributed by atoms with Crippen LogP contribution in [0.25, 0.3) is 0 Å². The number of hydrogen-bond acceptors (Lipinski definition) is 3. The minimum atomic E-state index is -4.45. The van der Waals surface area contributed by atoms with Crippen molar-refractivity contribution in [2.75, 3.05) is 13.1 Å². The summed E-state index contributed by atoms with van der Waals surface area (Å²) in [6.07, 6.45) is -3.96. The van der Waals surface area contributed by atoms with Gasteiger partial charge in [0, 0.05) is 25.7 Å². The third kappa shape index (κ3) is 4.36. The maximum atomic E-state index is 13.1. The molecule has 0 spiro atoms. The van der Waals surface area contributed by atoms with Crippen molar-refractivity contribution < 1.29 is 18.3 Å². The second-order valence-electron chi connectivity index (χ2n) is 5.89. The fraction of sp³-hybridized carbons (Fsp3) is 0.471. The lowest BCUT2D eigenvalue weighted by atomic mass is 10.1. The van der Waals surface area contributed by atoms with Gasteiger partial charge in [-0.05, 0) is 19.0 Å². The zero-order chi connectivity index (χ0) is 17.9. The largest absolute Gasteiger partial charge is 0.433 e. The fourth-order valence-electron chi connectivity index (χ4n) is 2.65. The van der Waals surface area contributed by atoms with Crippen LogP contribution in [0.2, 0.25) is 0 Å². The van der Waals surface area contributed by atoms with E-state index in [1.165, 1.54) is 13.2 Å². The van der Waals surface area contributed by atoms with Gasteiger partial charge >= 0.3 is 6.18 Å². The van der Waals surface area contributed by atoms with Gasteiger partial charge in [0.1, 0.15) is 5.69 Å². The molecule has 0 aliphatic carbocycles. The van der Waals surface area contributed by atoms with E-state index in [1.807, 2.05) is 38.1 Å². The van der Waals surface area contributed by atoms with E-state index in [4.69, 9.17) is 0 Å². The Morgan fingerprint density at radius 2 is 1.88 bits per heavy atom. The Kier molecular flexibility index (Phi) is 5.66. The lowest BCUT2D eigenvalue weighted by Gasteiger charge is -2.24. The smallest absolute Gasteiger partial charge is 0.387 e. The summed E-state index contributed by atoms with van der Waals surface area (Å²) in [5.41, 5.74) is 1.21. The van der Waals surface area contributed by atoms with Crippen LogP contribution in [0.1, 0.15) is 35.4 Å². The monoisotopic (exact) mass is 341 g/mol. The average Bonchev–Trinajstić information content (AvgIpc) is 2.87. The molecule has 0 saturated heterocycles. The van der Waals surface area contributed by atoms with Gasteiger partial charge in [0.05, 0.1) is 12.3 Å². The van der Waals surface area contributed by atoms with Crippen LogP contribution < -0.4 is 0 Å². The molecule has 0 radical (unpaired) electrons. The molecule has 7 heteroatoms. The van der Waals surface area contributed by atoms with Crippen molar-refractivity contribution in [3.63, 3.8) is 0 Å². The van der Waals surface area contributed by atoms with Crippen LogP contribution in [0.15, 0.2) is 30.5 Å². The standard InChI is InChI=1S/C17H22F3N3O/c1-4-23(11-15(24)13-7-5-12(2)6-8-13)10-14-9-21-22(3)16(14)17(18,19)20/h5-9,15,24H,4,10-11H2,1-3H3. The van der Waals surface area contributed by atoms with E-state index in [0.717, 1.165) is 15.8 Å². The molecular formula is C17H22F3N3O. The van der Waals surface area contributed by atoms with Gasteiger partial charge < -0.3 is 5.11 Å². The van der Waals surface area contributed by atoms with Crippen molar-refractivity contribution in [2.45, 2.75) is 32.7 Å². The highest BCUT2D eigenvalue weighted by molar-refractivity contribution is 5.24. The molecule has 132 valence electrons. The Morgan fingerprint density at radius 1 is 1.25 bits per heavy atom. The topological polar surface area (TPSA) is 41.3 Å². The lowest BCUT2D eigenvalue weighted by Crippen LogP contribution is -2.29. The molecule has 2 aromatic rings. The average molecular weight is 341 g/mol. The molecule has 4 nitrogen and oxygen atoms in total. The molecule has 0 saturated carbocycles. The molecular weight excluding hydrogens is 319 g/mol. The van der Waals surface area contributed by atoms with E-state index in [2.05, 4.69) is 5.10 Å². The molecule has 0 fully saturated rings. The highest BCUT2D eigenvalue weighted by Crippen LogP contribution is 2.32. The van der Waals surface area contributed by atoms with Gasteiger partial charge in [-0.2, -0.15) is 18.3 Å². The first-order chi connectivity index (χ1) is 11.2. The second kappa shape index (κ2) is 7.36. The molecule has 0 aliphatic rings.